The topological polar surface area (TPSA) is 33.2 Å². The maximum Gasteiger partial charge on any atom is 0.239 e. The molecule has 1 saturated heterocycles. The summed E-state index contributed by atoms with van der Waals surface area (Å²) in [5.74, 6) is 2.42. The van der Waals surface area contributed by atoms with Crippen molar-refractivity contribution >= 4 is 35.2 Å². The second-order valence-corrected chi connectivity index (χ2v) is 7.02. The van der Waals surface area contributed by atoms with Crippen molar-refractivity contribution in [3.63, 3.8) is 0 Å². The molecule has 2 aromatic rings. The lowest BCUT2D eigenvalue weighted by molar-refractivity contribution is -0.115. The molecule has 1 aromatic heterocycles. The van der Waals surface area contributed by atoms with Gasteiger partial charge in [0.05, 0.1) is 5.75 Å². The van der Waals surface area contributed by atoms with Gasteiger partial charge in [-0.15, -0.1) is 23.5 Å². The van der Waals surface area contributed by atoms with Crippen LogP contribution in [-0.4, -0.2) is 22.4 Å². The first-order valence-corrected chi connectivity index (χ1v) is 8.90. The standard InChI is InChI=1S/C16H16N2OS2/c1-2-20-13-8-6-12(7-9-13)16-18(15(19)11-21-16)14-5-3-4-10-17-14/h3-10,16H,2,11H2,1H3. The molecular formula is C16H16N2OS2. The number of aromatic nitrogens is 1. The Morgan fingerprint density at radius 2 is 2.10 bits per heavy atom. The van der Waals surface area contributed by atoms with E-state index in [9.17, 15) is 4.79 Å². The first-order valence-electron chi connectivity index (χ1n) is 6.87. The number of nitrogens with zero attached hydrogens (tertiary/aromatic N) is 2. The van der Waals surface area contributed by atoms with Crippen molar-refractivity contribution in [3.8, 4) is 0 Å². The quantitative estimate of drug-likeness (QED) is 0.799. The highest BCUT2D eigenvalue weighted by atomic mass is 32.2. The van der Waals surface area contributed by atoms with Crippen molar-refractivity contribution in [1.82, 2.24) is 4.98 Å². The molecule has 1 aliphatic heterocycles. The molecule has 5 heteroatoms. The van der Waals surface area contributed by atoms with Crippen LogP contribution in [0.5, 0.6) is 0 Å². The Bertz CT molecular complexity index is 616. The number of hydrogen-bond donors (Lipinski definition) is 0. The van der Waals surface area contributed by atoms with Gasteiger partial charge in [0.25, 0.3) is 0 Å². The molecule has 1 aliphatic rings. The van der Waals surface area contributed by atoms with Gasteiger partial charge in [0.2, 0.25) is 5.91 Å². The highest BCUT2D eigenvalue weighted by molar-refractivity contribution is 8.00. The third kappa shape index (κ3) is 3.09. The number of hydrogen-bond acceptors (Lipinski definition) is 4. The number of amides is 1. The second-order valence-electron chi connectivity index (χ2n) is 4.62. The van der Waals surface area contributed by atoms with E-state index in [2.05, 4.69) is 36.2 Å². The third-order valence-corrected chi connectivity index (χ3v) is 5.35. The fraction of sp³-hybridized carbons (Fsp3) is 0.250. The normalized spacial score (nSPS) is 18.2. The average molecular weight is 316 g/mol. The van der Waals surface area contributed by atoms with Crippen LogP contribution in [0.15, 0.2) is 53.6 Å². The van der Waals surface area contributed by atoms with Crippen LogP contribution in [0.3, 0.4) is 0 Å². The molecule has 0 spiro atoms. The Kier molecular flexibility index (Phi) is 4.51. The molecule has 3 nitrogen and oxygen atoms in total. The lowest BCUT2D eigenvalue weighted by atomic mass is 10.2. The molecule has 0 N–H and O–H groups in total. The maximum absolute atomic E-state index is 12.2. The average Bonchev–Trinajstić information content (AvgIpc) is 2.91. The number of carbonyl (C=O) groups is 1. The van der Waals surface area contributed by atoms with E-state index < -0.39 is 0 Å². The summed E-state index contributed by atoms with van der Waals surface area (Å²) in [5.41, 5.74) is 1.15. The van der Waals surface area contributed by atoms with Gasteiger partial charge in [-0.25, -0.2) is 4.98 Å². The van der Waals surface area contributed by atoms with E-state index in [0.717, 1.165) is 17.1 Å². The Balaban J connectivity index is 1.88. The molecule has 1 amide bonds. The predicted octanol–water partition coefficient (Wildman–Crippen LogP) is 3.97. The molecule has 1 unspecified atom stereocenters. The van der Waals surface area contributed by atoms with Gasteiger partial charge in [0.15, 0.2) is 0 Å². The molecule has 21 heavy (non-hydrogen) atoms. The van der Waals surface area contributed by atoms with Crippen LogP contribution >= 0.6 is 23.5 Å². The van der Waals surface area contributed by atoms with Gasteiger partial charge < -0.3 is 0 Å². The summed E-state index contributed by atoms with van der Waals surface area (Å²) in [7, 11) is 0. The van der Waals surface area contributed by atoms with Gasteiger partial charge >= 0.3 is 0 Å². The van der Waals surface area contributed by atoms with Gasteiger partial charge in [-0.1, -0.05) is 25.1 Å². The zero-order valence-corrected chi connectivity index (χ0v) is 13.4. The minimum absolute atomic E-state index is 0.0214. The largest absolute Gasteiger partial charge is 0.279 e. The first kappa shape index (κ1) is 14.5. The number of carbonyl (C=O) groups excluding carboxylic acids is 1. The fourth-order valence-electron chi connectivity index (χ4n) is 2.31. The van der Waals surface area contributed by atoms with E-state index in [-0.39, 0.29) is 11.3 Å². The summed E-state index contributed by atoms with van der Waals surface area (Å²) < 4.78 is 0. The van der Waals surface area contributed by atoms with Gasteiger partial charge in [0, 0.05) is 11.1 Å². The summed E-state index contributed by atoms with van der Waals surface area (Å²) >= 11 is 3.48. The molecule has 1 atom stereocenters. The third-order valence-electron chi connectivity index (χ3n) is 3.24. The van der Waals surface area contributed by atoms with Crippen molar-refractivity contribution in [2.75, 3.05) is 16.4 Å². The van der Waals surface area contributed by atoms with E-state index >= 15 is 0 Å². The zero-order chi connectivity index (χ0) is 14.7. The van der Waals surface area contributed by atoms with E-state index in [0.29, 0.717) is 5.75 Å². The summed E-state index contributed by atoms with van der Waals surface area (Å²) in [6.45, 7) is 2.15. The summed E-state index contributed by atoms with van der Waals surface area (Å²) in [6.07, 6.45) is 1.73. The van der Waals surface area contributed by atoms with Crippen LogP contribution in [0, 0.1) is 0 Å². The van der Waals surface area contributed by atoms with E-state index in [1.807, 2.05) is 30.0 Å². The summed E-state index contributed by atoms with van der Waals surface area (Å²) in [5, 5.41) is 0.0214. The van der Waals surface area contributed by atoms with Crippen molar-refractivity contribution in [2.45, 2.75) is 17.2 Å². The molecule has 0 aliphatic carbocycles. The summed E-state index contributed by atoms with van der Waals surface area (Å²) in [4.78, 5) is 19.6. The zero-order valence-electron chi connectivity index (χ0n) is 11.7. The Hall–Kier alpha value is -1.46. The lowest BCUT2D eigenvalue weighted by Gasteiger charge is -2.23. The van der Waals surface area contributed by atoms with Crippen LogP contribution < -0.4 is 4.90 Å². The van der Waals surface area contributed by atoms with E-state index in [4.69, 9.17) is 0 Å². The molecular weight excluding hydrogens is 300 g/mol. The molecule has 0 radical (unpaired) electrons. The Labute approximate surface area is 133 Å². The lowest BCUT2D eigenvalue weighted by Crippen LogP contribution is -2.28. The van der Waals surface area contributed by atoms with Crippen LogP contribution in [0.25, 0.3) is 0 Å². The predicted molar refractivity (Wildman–Crippen MR) is 89.8 cm³/mol. The minimum Gasteiger partial charge on any atom is -0.279 e. The van der Waals surface area contributed by atoms with Crippen molar-refractivity contribution in [3.05, 3.63) is 54.2 Å². The van der Waals surface area contributed by atoms with E-state index in [1.54, 1.807) is 22.9 Å². The highest BCUT2D eigenvalue weighted by Crippen LogP contribution is 2.41. The van der Waals surface area contributed by atoms with Crippen molar-refractivity contribution < 1.29 is 4.79 Å². The molecule has 0 bridgehead atoms. The number of pyridine rings is 1. The van der Waals surface area contributed by atoms with Gasteiger partial charge in [0.1, 0.15) is 11.2 Å². The fourth-order valence-corrected chi connectivity index (χ4v) is 4.14. The second kappa shape index (κ2) is 6.54. The van der Waals surface area contributed by atoms with Gasteiger partial charge in [-0.3, -0.25) is 9.69 Å². The smallest absolute Gasteiger partial charge is 0.239 e. The number of benzene rings is 1. The molecule has 2 heterocycles. The molecule has 3 rings (SSSR count). The Morgan fingerprint density at radius 3 is 2.76 bits per heavy atom. The molecule has 1 fully saturated rings. The first-order chi connectivity index (χ1) is 10.3. The van der Waals surface area contributed by atoms with E-state index in [1.165, 1.54) is 4.90 Å². The molecule has 0 saturated carbocycles. The van der Waals surface area contributed by atoms with Crippen LogP contribution in [0.1, 0.15) is 17.9 Å². The SMILES string of the molecule is CCSc1ccc(C2SCC(=O)N2c2ccccn2)cc1. The van der Waals surface area contributed by atoms with Gasteiger partial charge in [-0.05, 0) is 35.6 Å². The van der Waals surface area contributed by atoms with Crippen molar-refractivity contribution in [2.24, 2.45) is 0 Å². The number of rotatable bonds is 4. The van der Waals surface area contributed by atoms with Crippen LogP contribution in [0.4, 0.5) is 5.82 Å². The maximum atomic E-state index is 12.2. The van der Waals surface area contributed by atoms with Crippen LogP contribution in [0.2, 0.25) is 0 Å². The van der Waals surface area contributed by atoms with Crippen LogP contribution in [-0.2, 0) is 4.79 Å². The highest BCUT2D eigenvalue weighted by Gasteiger charge is 2.34. The monoisotopic (exact) mass is 316 g/mol. The Morgan fingerprint density at radius 1 is 1.29 bits per heavy atom. The number of anilines is 1. The van der Waals surface area contributed by atoms with Gasteiger partial charge in [-0.2, -0.15) is 0 Å². The van der Waals surface area contributed by atoms with Crippen molar-refractivity contribution in [1.29, 1.82) is 0 Å². The minimum atomic E-state index is 0.0214. The molecule has 1 aromatic carbocycles. The number of thioether (sulfide) groups is 2. The molecule has 108 valence electrons. The summed E-state index contributed by atoms with van der Waals surface area (Å²) in [6, 6.07) is 14.2.